The van der Waals surface area contributed by atoms with Crippen LogP contribution < -0.4 is 0 Å². The first-order valence-electron chi connectivity index (χ1n) is 12.5. The lowest BCUT2D eigenvalue weighted by Crippen LogP contribution is -2.46. The van der Waals surface area contributed by atoms with Crippen LogP contribution in [0.25, 0.3) is 0 Å². The number of hydrogen-bond acceptors (Lipinski definition) is 6. The summed E-state index contributed by atoms with van der Waals surface area (Å²) in [7, 11) is -4.30. The van der Waals surface area contributed by atoms with Crippen molar-refractivity contribution in [3.63, 3.8) is 0 Å². The molecule has 0 amide bonds. The Bertz CT molecular complexity index is 1440. The molecule has 0 radical (unpaired) electrons. The lowest BCUT2D eigenvalue weighted by molar-refractivity contribution is -0.160. The second-order valence-corrected chi connectivity index (χ2v) is 12.7. The summed E-state index contributed by atoms with van der Waals surface area (Å²) in [5, 5.41) is 9.34. The standard InChI is InChI=1S/C30H32N2O5S/c1-20-10-16-24(17-11-20)38(35,36)32-26(28(34)37-29(3,4)5)25-9-7-6-8-18-30(25,21(2)33)27(32)23-14-12-22(19-31)13-15-23/h6-8,10-18,25-27H,9H2,1-5H3/t25-,26+,27+,30+/m1/s1. The topological polar surface area (TPSA) is 105 Å². The minimum absolute atomic E-state index is 0.0185. The molecule has 1 aliphatic carbocycles. The summed E-state index contributed by atoms with van der Waals surface area (Å²) in [6, 6.07) is 12.7. The van der Waals surface area contributed by atoms with E-state index in [4.69, 9.17) is 4.74 Å². The van der Waals surface area contributed by atoms with Crippen LogP contribution in [0, 0.1) is 29.6 Å². The summed E-state index contributed by atoms with van der Waals surface area (Å²) >= 11 is 0. The number of ketones is 1. The van der Waals surface area contributed by atoms with Crippen LogP contribution >= 0.6 is 0 Å². The fraction of sp³-hybridized carbons (Fsp3) is 0.367. The van der Waals surface area contributed by atoms with E-state index in [9.17, 15) is 23.3 Å². The van der Waals surface area contributed by atoms with Gasteiger partial charge in [-0.25, -0.2) is 8.42 Å². The van der Waals surface area contributed by atoms with Crippen molar-refractivity contribution in [3.05, 3.63) is 89.5 Å². The second-order valence-electron chi connectivity index (χ2n) is 10.9. The number of rotatable bonds is 5. The van der Waals surface area contributed by atoms with Gasteiger partial charge in [0.25, 0.3) is 0 Å². The van der Waals surface area contributed by atoms with Crippen LogP contribution in [0.4, 0.5) is 0 Å². The average Bonchev–Trinajstić information content (AvgIpc) is 2.98. The van der Waals surface area contributed by atoms with Gasteiger partial charge in [0.05, 0.1) is 28.0 Å². The Morgan fingerprint density at radius 3 is 2.24 bits per heavy atom. The number of sulfonamides is 1. The van der Waals surface area contributed by atoms with Crippen LogP contribution in [0.15, 0.2) is 77.7 Å². The maximum atomic E-state index is 14.4. The monoisotopic (exact) mass is 532 g/mol. The molecule has 0 spiro atoms. The summed E-state index contributed by atoms with van der Waals surface area (Å²) in [5.41, 5.74) is -0.432. The van der Waals surface area contributed by atoms with E-state index in [0.717, 1.165) is 5.56 Å². The van der Waals surface area contributed by atoms with Gasteiger partial charge < -0.3 is 4.74 Å². The van der Waals surface area contributed by atoms with Gasteiger partial charge in [-0.2, -0.15) is 9.57 Å². The number of carbonyl (C=O) groups excluding carboxylic acids is 2. The molecule has 1 saturated heterocycles. The first-order chi connectivity index (χ1) is 17.8. The number of aryl methyl sites for hydroxylation is 1. The Kier molecular flexibility index (Phi) is 7.21. The van der Waals surface area contributed by atoms with Gasteiger partial charge in [0, 0.05) is 5.92 Å². The molecule has 38 heavy (non-hydrogen) atoms. The predicted molar refractivity (Wildman–Crippen MR) is 143 cm³/mol. The summed E-state index contributed by atoms with van der Waals surface area (Å²) in [6.07, 6.45) is 7.43. The zero-order chi connectivity index (χ0) is 27.9. The number of benzene rings is 2. The van der Waals surface area contributed by atoms with Gasteiger partial charge in [-0.05, 0) is 70.9 Å². The highest BCUT2D eigenvalue weighted by Gasteiger charge is 2.66. The van der Waals surface area contributed by atoms with Crippen molar-refractivity contribution in [2.75, 3.05) is 0 Å². The number of fused-ring (bicyclic) bond motifs is 1. The summed E-state index contributed by atoms with van der Waals surface area (Å²) < 4.78 is 35.9. The van der Waals surface area contributed by atoms with E-state index in [2.05, 4.69) is 6.07 Å². The summed E-state index contributed by atoms with van der Waals surface area (Å²) in [5.74, 6) is -1.68. The van der Waals surface area contributed by atoms with E-state index in [1.165, 1.54) is 23.4 Å². The highest BCUT2D eigenvalue weighted by molar-refractivity contribution is 7.89. The molecule has 8 heteroatoms. The predicted octanol–water partition coefficient (Wildman–Crippen LogP) is 5.03. The third-order valence-electron chi connectivity index (χ3n) is 7.19. The van der Waals surface area contributed by atoms with E-state index < -0.39 is 45.0 Å². The van der Waals surface area contributed by atoms with Crippen molar-refractivity contribution in [3.8, 4) is 6.07 Å². The zero-order valence-corrected chi connectivity index (χ0v) is 23.0. The second kappa shape index (κ2) is 9.97. The van der Waals surface area contributed by atoms with E-state index in [0.29, 0.717) is 17.5 Å². The molecule has 2 aromatic carbocycles. The smallest absolute Gasteiger partial charge is 0.325 e. The van der Waals surface area contributed by atoms with Crippen LogP contribution in [0.3, 0.4) is 0 Å². The lowest BCUT2D eigenvalue weighted by Gasteiger charge is -2.36. The first kappa shape index (κ1) is 27.5. The summed E-state index contributed by atoms with van der Waals surface area (Å²) in [4.78, 5) is 27.6. The number of esters is 1. The number of nitriles is 1. The highest BCUT2D eigenvalue weighted by atomic mass is 32.2. The number of hydrogen-bond donors (Lipinski definition) is 0. The van der Waals surface area contributed by atoms with Crippen LogP contribution in [-0.4, -0.2) is 36.1 Å². The van der Waals surface area contributed by atoms with E-state index >= 15 is 0 Å². The van der Waals surface area contributed by atoms with Crippen molar-refractivity contribution in [1.29, 1.82) is 5.26 Å². The van der Waals surface area contributed by atoms with Crippen LogP contribution in [0.5, 0.6) is 0 Å². The Balaban J connectivity index is 2.06. The normalized spacial score (nSPS) is 25.3. The van der Waals surface area contributed by atoms with Crippen molar-refractivity contribution in [2.24, 2.45) is 11.3 Å². The molecule has 1 aliphatic heterocycles. The molecule has 0 saturated carbocycles. The van der Waals surface area contributed by atoms with Crippen LogP contribution in [-0.2, 0) is 24.3 Å². The van der Waals surface area contributed by atoms with Gasteiger partial charge in [-0.3, -0.25) is 9.59 Å². The molecule has 0 bridgehead atoms. The number of Topliss-reactive ketones (excluding diaryl/α,β-unsaturated/α-hetero) is 1. The van der Waals surface area contributed by atoms with Gasteiger partial charge in [0.1, 0.15) is 17.4 Å². The number of ether oxygens (including phenoxy) is 1. The largest absolute Gasteiger partial charge is 0.459 e. The minimum atomic E-state index is -4.30. The molecule has 0 unspecified atom stereocenters. The third kappa shape index (κ3) is 4.72. The fourth-order valence-electron chi connectivity index (χ4n) is 5.55. The minimum Gasteiger partial charge on any atom is -0.459 e. The van der Waals surface area contributed by atoms with Crippen LogP contribution in [0.1, 0.15) is 56.8 Å². The molecule has 7 nitrogen and oxygen atoms in total. The molecular weight excluding hydrogens is 500 g/mol. The van der Waals surface area contributed by atoms with Gasteiger partial charge >= 0.3 is 5.97 Å². The van der Waals surface area contributed by atoms with Crippen molar-refractivity contribution < 1.29 is 22.7 Å². The van der Waals surface area contributed by atoms with E-state index in [-0.39, 0.29) is 10.7 Å². The Hall–Kier alpha value is -3.54. The maximum absolute atomic E-state index is 14.4. The van der Waals surface area contributed by atoms with E-state index in [1.54, 1.807) is 69.3 Å². The number of allylic oxidation sites excluding steroid dienone is 3. The molecular formula is C30H32N2O5S. The molecule has 1 heterocycles. The first-order valence-corrected chi connectivity index (χ1v) is 14.0. The van der Waals surface area contributed by atoms with Gasteiger partial charge in [0.2, 0.25) is 10.0 Å². The molecule has 4 rings (SSSR count). The Labute approximate surface area is 224 Å². The Morgan fingerprint density at radius 2 is 1.68 bits per heavy atom. The highest BCUT2D eigenvalue weighted by Crippen LogP contribution is 2.59. The molecule has 198 valence electrons. The third-order valence-corrected chi connectivity index (χ3v) is 9.06. The van der Waals surface area contributed by atoms with Crippen molar-refractivity contribution in [2.45, 2.75) is 63.6 Å². The van der Waals surface area contributed by atoms with Crippen molar-refractivity contribution in [1.82, 2.24) is 4.31 Å². The SMILES string of the molecule is CC(=O)[C@@]12C=CC=CC[C@@H]1[C@@H](C(=O)OC(C)(C)C)N(S(=O)(=O)c1ccc(C)cc1)[C@H]2c1ccc(C#N)cc1. The quantitative estimate of drug-likeness (QED) is 0.500. The lowest BCUT2D eigenvalue weighted by atomic mass is 9.66. The molecule has 0 N–H and O–H groups in total. The van der Waals surface area contributed by atoms with E-state index in [1.807, 2.05) is 19.1 Å². The zero-order valence-electron chi connectivity index (χ0n) is 22.2. The molecule has 1 fully saturated rings. The van der Waals surface area contributed by atoms with Gasteiger partial charge in [-0.15, -0.1) is 0 Å². The van der Waals surface area contributed by atoms with Gasteiger partial charge in [-0.1, -0.05) is 54.1 Å². The molecule has 2 aliphatic rings. The Morgan fingerprint density at radius 1 is 1.05 bits per heavy atom. The average molecular weight is 533 g/mol. The number of nitrogens with zero attached hydrogens (tertiary/aromatic N) is 2. The summed E-state index contributed by atoms with van der Waals surface area (Å²) in [6.45, 7) is 8.47. The number of carbonyl (C=O) groups is 2. The molecule has 4 atom stereocenters. The molecule has 2 aromatic rings. The van der Waals surface area contributed by atoms with Crippen molar-refractivity contribution >= 4 is 21.8 Å². The fourth-order valence-corrected chi connectivity index (χ4v) is 7.38. The van der Waals surface area contributed by atoms with Gasteiger partial charge in [0.15, 0.2) is 0 Å². The van der Waals surface area contributed by atoms with Crippen LogP contribution in [0.2, 0.25) is 0 Å². The maximum Gasteiger partial charge on any atom is 0.325 e. The molecule has 0 aromatic heterocycles.